The van der Waals surface area contributed by atoms with Crippen LogP contribution in [0.5, 0.6) is 0 Å². The summed E-state index contributed by atoms with van der Waals surface area (Å²) in [4.78, 5) is 35.0. The molecule has 2 atom stereocenters. The lowest BCUT2D eigenvalue weighted by Gasteiger charge is -2.15. The van der Waals surface area contributed by atoms with E-state index in [1.54, 1.807) is 0 Å². The average molecular weight is 345 g/mol. The Labute approximate surface area is 144 Å². The summed E-state index contributed by atoms with van der Waals surface area (Å²) < 4.78 is 0. The van der Waals surface area contributed by atoms with Gasteiger partial charge in [0.05, 0.1) is 17.8 Å². The first-order valence-electron chi connectivity index (χ1n) is 8.58. The van der Waals surface area contributed by atoms with Gasteiger partial charge < -0.3 is 11.1 Å². The third kappa shape index (κ3) is 11.3. The fraction of sp³-hybridized carbons (Fsp3) is 0.824. The number of nitrogens with two attached hydrogens (primary N) is 1. The van der Waals surface area contributed by atoms with E-state index in [2.05, 4.69) is 5.32 Å². The summed E-state index contributed by atoms with van der Waals surface area (Å²) in [5.41, 5.74) is 5.78. The first-order valence-corrected chi connectivity index (χ1v) is 9.73. The highest BCUT2D eigenvalue weighted by Crippen LogP contribution is 2.09. The normalized spacial score (nSPS) is 13.4. The van der Waals surface area contributed by atoms with Gasteiger partial charge in [0.25, 0.3) is 0 Å². The van der Waals surface area contributed by atoms with Crippen molar-refractivity contribution in [3.05, 3.63) is 0 Å². The summed E-state index contributed by atoms with van der Waals surface area (Å²) in [7, 11) is 0. The second-order valence-electron chi connectivity index (χ2n) is 5.83. The van der Waals surface area contributed by atoms with Gasteiger partial charge in [-0.15, -0.1) is 0 Å². The molecule has 6 heteroatoms. The lowest BCUT2D eigenvalue weighted by atomic mass is 10.0. The number of thioether (sulfide) groups is 1. The Kier molecular flexibility index (Phi) is 13.0. The highest BCUT2D eigenvalue weighted by atomic mass is 32.2. The molecule has 0 rings (SSSR count). The van der Waals surface area contributed by atoms with E-state index >= 15 is 0 Å². The number of hydrogen-bond acceptors (Lipinski definition) is 5. The molecule has 0 spiro atoms. The van der Waals surface area contributed by atoms with Crippen molar-refractivity contribution in [2.24, 2.45) is 5.73 Å². The predicted octanol–water partition coefficient (Wildman–Crippen LogP) is 2.46. The molecule has 0 saturated carbocycles. The zero-order valence-electron chi connectivity index (χ0n) is 14.7. The zero-order chi connectivity index (χ0) is 17.7. The van der Waals surface area contributed by atoms with Crippen molar-refractivity contribution in [2.45, 2.75) is 77.8 Å². The summed E-state index contributed by atoms with van der Waals surface area (Å²) in [6.45, 7) is 5.52. The van der Waals surface area contributed by atoms with Gasteiger partial charge >= 0.3 is 0 Å². The third-order valence-electron chi connectivity index (χ3n) is 3.69. The number of amides is 1. The fourth-order valence-electron chi connectivity index (χ4n) is 2.29. The minimum atomic E-state index is -0.405. The van der Waals surface area contributed by atoms with Crippen molar-refractivity contribution in [1.82, 2.24) is 5.32 Å². The molecular weight excluding hydrogens is 312 g/mol. The summed E-state index contributed by atoms with van der Waals surface area (Å²) in [6.07, 6.45) is 5.28. The smallest absolute Gasteiger partial charge is 0.230 e. The van der Waals surface area contributed by atoms with Gasteiger partial charge in [0.2, 0.25) is 5.91 Å². The minimum absolute atomic E-state index is 0.0131. The van der Waals surface area contributed by atoms with Crippen LogP contribution < -0.4 is 11.1 Å². The van der Waals surface area contributed by atoms with Crippen LogP contribution in [0, 0.1) is 0 Å². The molecule has 1 amide bonds. The van der Waals surface area contributed by atoms with Crippen molar-refractivity contribution in [1.29, 1.82) is 0 Å². The van der Waals surface area contributed by atoms with Gasteiger partial charge in [-0.05, 0) is 31.9 Å². The Morgan fingerprint density at radius 1 is 1.09 bits per heavy atom. The molecule has 0 aliphatic heterocycles. The van der Waals surface area contributed by atoms with E-state index in [4.69, 9.17) is 5.73 Å². The first kappa shape index (κ1) is 22.1. The van der Waals surface area contributed by atoms with E-state index in [0.717, 1.165) is 37.9 Å². The second-order valence-corrected chi connectivity index (χ2v) is 7.10. The number of rotatable bonds is 14. The van der Waals surface area contributed by atoms with E-state index < -0.39 is 6.04 Å². The van der Waals surface area contributed by atoms with Crippen molar-refractivity contribution in [2.75, 3.05) is 11.5 Å². The van der Waals surface area contributed by atoms with Crippen molar-refractivity contribution in [3.63, 3.8) is 0 Å². The molecule has 3 N–H and O–H groups in total. The molecule has 0 fully saturated rings. The Bertz CT molecular complexity index is 375. The SMILES string of the molecule is CCCC(N)C(=O)CCCCCC(NC(=O)CSCC)C(C)=O. The zero-order valence-corrected chi connectivity index (χ0v) is 15.5. The number of carbonyl (C=O) groups is 3. The van der Waals surface area contributed by atoms with Crippen LogP contribution >= 0.6 is 11.8 Å². The van der Waals surface area contributed by atoms with Crippen molar-refractivity contribution < 1.29 is 14.4 Å². The number of nitrogens with one attached hydrogen (secondary N) is 1. The van der Waals surface area contributed by atoms with Crippen molar-refractivity contribution in [3.8, 4) is 0 Å². The van der Waals surface area contributed by atoms with Crippen LogP contribution in [0.1, 0.15) is 65.7 Å². The van der Waals surface area contributed by atoms with Crippen LogP contribution in [0.4, 0.5) is 0 Å². The number of ketones is 2. The maximum atomic E-state index is 11.7. The lowest BCUT2D eigenvalue weighted by molar-refractivity contribution is -0.125. The average Bonchev–Trinajstić information content (AvgIpc) is 2.51. The quantitative estimate of drug-likeness (QED) is 0.473. The number of hydrogen-bond donors (Lipinski definition) is 2. The monoisotopic (exact) mass is 344 g/mol. The van der Waals surface area contributed by atoms with Gasteiger partial charge in [-0.2, -0.15) is 11.8 Å². The second kappa shape index (κ2) is 13.5. The van der Waals surface area contributed by atoms with E-state index in [0.29, 0.717) is 18.6 Å². The van der Waals surface area contributed by atoms with Crippen LogP contribution in [0.2, 0.25) is 0 Å². The van der Waals surface area contributed by atoms with E-state index in [9.17, 15) is 14.4 Å². The maximum absolute atomic E-state index is 11.7. The molecule has 0 saturated heterocycles. The molecule has 0 aliphatic rings. The molecule has 0 bridgehead atoms. The van der Waals surface area contributed by atoms with Gasteiger partial charge in [-0.25, -0.2) is 0 Å². The summed E-state index contributed by atoms with van der Waals surface area (Å²) >= 11 is 1.54. The standard InChI is InChI=1S/C17H32N2O3S/c1-4-9-14(18)16(21)11-8-6-7-10-15(13(3)20)19-17(22)12-23-5-2/h14-15H,4-12,18H2,1-3H3,(H,19,22). The van der Waals surface area contributed by atoms with Crippen molar-refractivity contribution >= 4 is 29.2 Å². The van der Waals surface area contributed by atoms with E-state index in [-0.39, 0.29) is 23.5 Å². The van der Waals surface area contributed by atoms with Gasteiger partial charge in [0.1, 0.15) is 5.78 Å². The molecule has 0 aromatic heterocycles. The van der Waals surface area contributed by atoms with Crippen LogP contribution in [-0.2, 0) is 14.4 Å². The molecule has 0 aromatic carbocycles. The van der Waals surface area contributed by atoms with Crippen LogP contribution in [0.15, 0.2) is 0 Å². The molecule has 5 nitrogen and oxygen atoms in total. The predicted molar refractivity (Wildman–Crippen MR) is 96.6 cm³/mol. The molecule has 0 aliphatic carbocycles. The topological polar surface area (TPSA) is 89.3 Å². The molecule has 0 heterocycles. The van der Waals surface area contributed by atoms with Crippen LogP contribution in [0.25, 0.3) is 0 Å². The molecule has 23 heavy (non-hydrogen) atoms. The molecular formula is C17H32N2O3S. The molecule has 0 radical (unpaired) electrons. The van der Waals surface area contributed by atoms with E-state index in [1.165, 1.54) is 18.7 Å². The first-order chi connectivity index (χ1) is 10.9. The lowest BCUT2D eigenvalue weighted by Crippen LogP contribution is -2.40. The number of unbranched alkanes of at least 4 members (excludes halogenated alkanes) is 2. The third-order valence-corrected chi connectivity index (χ3v) is 4.57. The largest absolute Gasteiger partial charge is 0.346 e. The Balaban J connectivity index is 3.95. The maximum Gasteiger partial charge on any atom is 0.230 e. The van der Waals surface area contributed by atoms with Gasteiger partial charge in [-0.1, -0.05) is 33.1 Å². The number of carbonyl (C=O) groups excluding carboxylic acids is 3. The minimum Gasteiger partial charge on any atom is -0.346 e. The summed E-state index contributed by atoms with van der Waals surface area (Å²) in [5.74, 6) is 1.30. The molecule has 134 valence electrons. The van der Waals surface area contributed by atoms with Crippen LogP contribution in [-0.4, -0.2) is 41.1 Å². The Morgan fingerprint density at radius 2 is 1.78 bits per heavy atom. The molecule has 2 unspecified atom stereocenters. The Morgan fingerprint density at radius 3 is 2.35 bits per heavy atom. The summed E-state index contributed by atoms with van der Waals surface area (Å²) in [5, 5.41) is 2.79. The number of Topliss-reactive ketones (excluding diaryl/α,β-unsaturated/α-hetero) is 2. The molecule has 0 aromatic rings. The highest BCUT2D eigenvalue weighted by molar-refractivity contribution is 7.99. The Hall–Kier alpha value is -0.880. The highest BCUT2D eigenvalue weighted by Gasteiger charge is 2.17. The fourth-order valence-corrected chi connectivity index (χ4v) is 2.76. The summed E-state index contributed by atoms with van der Waals surface area (Å²) in [6, 6.07) is -0.738. The van der Waals surface area contributed by atoms with Gasteiger partial charge in [-0.3, -0.25) is 14.4 Å². The van der Waals surface area contributed by atoms with Gasteiger partial charge in [0.15, 0.2) is 5.78 Å². The van der Waals surface area contributed by atoms with Gasteiger partial charge in [0, 0.05) is 6.42 Å². The van der Waals surface area contributed by atoms with E-state index in [1.807, 2.05) is 13.8 Å². The van der Waals surface area contributed by atoms with Crippen LogP contribution in [0.3, 0.4) is 0 Å².